The number of nitrogens with one attached hydrogen (secondary N) is 1. The molecule has 236 valence electrons. The quantitative estimate of drug-likeness (QED) is 0.166. The highest BCUT2D eigenvalue weighted by Gasteiger charge is 2.35. The Morgan fingerprint density at radius 1 is 0.844 bits per heavy atom. The molecule has 4 rings (SSSR count). The van der Waals surface area contributed by atoms with E-state index in [1.807, 2.05) is 51.1 Å². The monoisotopic (exact) mass is 665 g/mol. The number of carbonyl (C=O) groups is 2. The van der Waals surface area contributed by atoms with Gasteiger partial charge in [0.1, 0.15) is 12.6 Å². The minimum atomic E-state index is -4.22. The van der Waals surface area contributed by atoms with Crippen molar-refractivity contribution in [3.63, 3.8) is 0 Å². The Morgan fingerprint density at radius 3 is 2.09 bits per heavy atom. The number of aryl methyl sites for hydroxylation is 1. The van der Waals surface area contributed by atoms with Crippen LogP contribution in [0.2, 0.25) is 10.0 Å². The van der Waals surface area contributed by atoms with Crippen LogP contribution >= 0.6 is 23.2 Å². The fourth-order valence-corrected chi connectivity index (χ4v) is 6.59. The van der Waals surface area contributed by atoms with Gasteiger partial charge in [-0.1, -0.05) is 103 Å². The van der Waals surface area contributed by atoms with E-state index in [-0.39, 0.29) is 35.5 Å². The Hall–Kier alpha value is -3.85. The first-order valence-electron chi connectivity index (χ1n) is 14.7. The van der Waals surface area contributed by atoms with Crippen molar-refractivity contribution in [3.05, 3.63) is 130 Å². The van der Waals surface area contributed by atoms with E-state index < -0.39 is 28.5 Å². The Kier molecular flexibility index (Phi) is 11.7. The molecule has 0 saturated carbocycles. The van der Waals surface area contributed by atoms with E-state index in [0.29, 0.717) is 22.0 Å². The second-order valence-electron chi connectivity index (χ2n) is 10.9. The molecule has 2 unspecified atom stereocenters. The molecule has 1 N–H and O–H groups in total. The highest BCUT2D eigenvalue weighted by Crippen LogP contribution is 2.29. The lowest BCUT2D eigenvalue weighted by atomic mass is 10.0. The highest BCUT2D eigenvalue weighted by molar-refractivity contribution is 7.92. The minimum absolute atomic E-state index is 0.0161. The maximum atomic E-state index is 14.5. The summed E-state index contributed by atoms with van der Waals surface area (Å²) in [4.78, 5) is 29.9. The summed E-state index contributed by atoms with van der Waals surface area (Å²) >= 11 is 13.0. The zero-order valence-corrected chi connectivity index (χ0v) is 27.8. The second kappa shape index (κ2) is 15.4. The lowest BCUT2D eigenvalue weighted by Crippen LogP contribution is -2.54. The number of rotatable bonds is 13. The molecule has 45 heavy (non-hydrogen) atoms. The van der Waals surface area contributed by atoms with Crippen LogP contribution in [-0.2, 0) is 32.6 Å². The van der Waals surface area contributed by atoms with E-state index in [0.717, 1.165) is 15.4 Å². The summed E-state index contributed by atoms with van der Waals surface area (Å²) in [7, 11) is -4.22. The summed E-state index contributed by atoms with van der Waals surface area (Å²) < 4.78 is 29.2. The van der Waals surface area contributed by atoms with Crippen molar-refractivity contribution in [1.82, 2.24) is 10.2 Å². The van der Waals surface area contributed by atoms with Crippen LogP contribution < -0.4 is 9.62 Å². The van der Waals surface area contributed by atoms with Crippen LogP contribution in [0.3, 0.4) is 0 Å². The van der Waals surface area contributed by atoms with Gasteiger partial charge in [-0.15, -0.1) is 0 Å². The third kappa shape index (κ3) is 8.66. The summed E-state index contributed by atoms with van der Waals surface area (Å²) in [5.41, 5.74) is 2.45. The molecular formula is C35H37Cl2N3O4S. The number of hydrogen-bond donors (Lipinski definition) is 1. The Labute approximate surface area is 275 Å². The standard InChI is InChI=1S/C35H37Cl2N3O4S/c1-4-26(3)38-35(42)33(21-27-13-7-5-8-14-27)39(23-28-15-11-12-18-31(28)36)34(41)24-40(29-20-19-25(2)32(37)22-29)45(43,44)30-16-9-6-10-17-30/h5-20,22,26,33H,4,21,23-24H2,1-3H3,(H,38,42). The van der Waals surface area contributed by atoms with Crippen LogP contribution in [0.25, 0.3) is 0 Å². The molecule has 0 saturated heterocycles. The molecule has 2 amide bonds. The van der Waals surface area contributed by atoms with E-state index in [9.17, 15) is 18.0 Å². The lowest BCUT2D eigenvalue weighted by Gasteiger charge is -2.34. The van der Waals surface area contributed by atoms with Gasteiger partial charge in [0.05, 0.1) is 10.6 Å². The van der Waals surface area contributed by atoms with Gasteiger partial charge < -0.3 is 10.2 Å². The third-order valence-corrected chi connectivity index (χ3v) is 10.2. The zero-order chi connectivity index (χ0) is 32.6. The van der Waals surface area contributed by atoms with E-state index >= 15 is 0 Å². The average Bonchev–Trinajstić information content (AvgIpc) is 3.04. The average molecular weight is 667 g/mol. The number of anilines is 1. The van der Waals surface area contributed by atoms with Crippen LogP contribution in [0.15, 0.2) is 108 Å². The molecule has 0 fully saturated rings. The molecule has 0 aromatic heterocycles. The molecule has 0 aliphatic rings. The fraction of sp³-hybridized carbons (Fsp3) is 0.257. The number of sulfonamides is 1. The van der Waals surface area contributed by atoms with Crippen LogP contribution in [-0.4, -0.2) is 43.8 Å². The largest absolute Gasteiger partial charge is 0.352 e. The van der Waals surface area contributed by atoms with Gasteiger partial charge >= 0.3 is 0 Å². The lowest BCUT2D eigenvalue weighted by molar-refractivity contribution is -0.140. The predicted octanol–water partition coefficient (Wildman–Crippen LogP) is 7.05. The summed E-state index contributed by atoms with van der Waals surface area (Å²) in [5, 5.41) is 3.81. The number of halogens is 2. The molecule has 0 spiro atoms. The maximum absolute atomic E-state index is 14.5. The molecule has 10 heteroatoms. The number of amides is 2. The van der Waals surface area contributed by atoms with Gasteiger partial charge in [0.2, 0.25) is 11.8 Å². The summed E-state index contributed by atoms with van der Waals surface area (Å²) in [6.07, 6.45) is 0.903. The number of benzene rings is 4. The van der Waals surface area contributed by atoms with E-state index in [2.05, 4.69) is 5.32 Å². The topological polar surface area (TPSA) is 86.8 Å². The van der Waals surface area contributed by atoms with Crippen molar-refractivity contribution < 1.29 is 18.0 Å². The van der Waals surface area contributed by atoms with Gasteiger partial charge in [-0.05, 0) is 67.3 Å². The van der Waals surface area contributed by atoms with Gasteiger partial charge in [-0.2, -0.15) is 0 Å². The van der Waals surface area contributed by atoms with Gasteiger partial charge in [-0.3, -0.25) is 13.9 Å². The Balaban J connectivity index is 1.83. The predicted molar refractivity (Wildman–Crippen MR) is 181 cm³/mol. The van der Waals surface area contributed by atoms with Crippen molar-refractivity contribution >= 4 is 50.7 Å². The van der Waals surface area contributed by atoms with Gasteiger partial charge in [0.25, 0.3) is 10.0 Å². The van der Waals surface area contributed by atoms with Crippen LogP contribution in [0.4, 0.5) is 5.69 Å². The van der Waals surface area contributed by atoms with Crippen molar-refractivity contribution in [2.75, 3.05) is 10.8 Å². The molecule has 4 aromatic carbocycles. The molecular weight excluding hydrogens is 629 g/mol. The molecule has 0 aliphatic heterocycles. The summed E-state index contributed by atoms with van der Waals surface area (Å²) in [6, 6.07) is 28.1. The number of hydrogen-bond acceptors (Lipinski definition) is 4. The van der Waals surface area contributed by atoms with E-state index in [4.69, 9.17) is 23.2 Å². The minimum Gasteiger partial charge on any atom is -0.352 e. The van der Waals surface area contributed by atoms with Gasteiger partial charge in [0, 0.05) is 29.1 Å². The summed E-state index contributed by atoms with van der Waals surface area (Å²) in [6.45, 7) is 5.07. The molecule has 0 radical (unpaired) electrons. The van der Waals surface area contributed by atoms with E-state index in [1.165, 1.54) is 23.1 Å². The van der Waals surface area contributed by atoms with Crippen molar-refractivity contribution in [3.8, 4) is 0 Å². The molecule has 0 aliphatic carbocycles. The van der Waals surface area contributed by atoms with Crippen LogP contribution in [0, 0.1) is 6.92 Å². The van der Waals surface area contributed by atoms with Crippen LogP contribution in [0.1, 0.15) is 37.0 Å². The van der Waals surface area contributed by atoms with Crippen molar-refractivity contribution in [1.29, 1.82) is 0 Å². The first kappa shape index (κ1) is 34.0. The fourth-order valence-electron chi connectivity index (χ4n) is 4.79. The smallest absolute Gasteiger partial charge is 0.264 e. The third-order valence-electron chi connectivity index (χ3n) is 7.62. The number of carbonyl (C=O) groups excluding carboxylic acids is 2. The number of nitrogens with zero attached hydrogens (tertiary/aromatic N) is 2. The summed E-state index contributed by atoms with van der Waals surface area (Å²) in [5.74, 6) is -0.921. The van der Waals surface area contributed by atoms with Crippen LogP contribution in [0.5, 0.6) is 0 Å². The highest BCUT2D eigenvalue weighted by atomic mass is 35.5. The molecule has 7 nitrogen and oxygen atoms in total. The SMILES string of the molecule is CCC(C)NC(=O)C(Cc1ccccc1)N(Cc1ccccc1Cl)C(=O)CN(c1ccc(C)c(Cl)c1)S(=O)(=O)c1ccccc1. The maximum Gasteiger partial charge on any atom is 0.264 e. The molecule has 0 heterocycles. The van der Waals surface area contributed by atoms with Gasteiger partial charge in [0.15, 0.2) is 0 Å². The van der Waals surface area contributed by atoms with Crippen molar-refractivity contribution in [2.24, 2.45) is 0 Å². The van der Waals surface area contributed by atoms with Gasteiger partial charge in [-0.25, -0.2) is 8.42 Å². The second-order valence-corrected chi connectivity index (χ2v) is 13.6. The normalized spacial score (nSPS) is 12.6. The molecule has 0 bridgehead atoms. The first-order valence-corrected chi connectivity index (χ1v) is 16.9. The zero-order valence-electron chi connectivity index (χ0n) is 25.5. The van der Waals surface area contributed by atoms with Crippen molar-refractivity contribution in [2.45, 2.75) is 57.1 Å². The Bertz CT molecular complexity index is 1720. The van der Waals surface area contributed by atoms with E-state index in [1.54, 1.807) is 54.6 Å². The first-order chi connectivity index (χ1) is 21.5. The Morgan fingerprint density at radius 2 is 1.47 bits per heavy atom. The molecule has 4 aromatic rings. The molecule has 2 atom stereocenters.